The van der Waals surface area contributed by atoms with Crippen molar-refractivity contribution in [3.8, 4) is 0 Å². The van der Waals surface area contributed by atoms with Crippen LogP contribution in [0, 0.1) is 0 Å². The standard InChI is InChI=1S/C10H23NO/c1-4-6-7-8-11-9-10(3,12)5-2/h11-12H,4-9H2,1-3H3. The van der Waals surface area contributed by atoms with Crippen LogP contribution in [0.5, 0.6) is 0 Å². The minimum atomic E-state index is -0.522. The highest BCUT2D eigenvalue weighted by Gasteiger charge is 2.15. The lowest BCUT2D eigenvalue weighted by Gasteiger charge is -2.21. The van der Waals surface area contributed by atoms with E-state index in [4.69, 9.17) is 0 Å². The van der Waals surface area contributed by atoms with Gasteiger partial charge in [0.2, 0.25) is 0 Å². The second-order valence-corrected chi connectivity index (χ2v) is 3.73. The molecule has 0 spiro atoms. The van der Waals surface area contributed by atoms with Crippen LogP contribution in [0.25, 0.3) is 0 Å². The number of nitrogens with one attached hydrogen (secondary N) is 1. The quantitative estimate of drug-likeness (QED) is 0.577. The Morgan fingerprint density at radius 2 is 1.92 bits per heavy atom. The summed E-state index contributed by atoms with van der Waals surface area (Å²) < 4.78 is 0. The molecular weight excluding hydrogens is 150 g/mol. The number of rotatable bonds is 7. The molecule has 0 aliphatic rings. The molecule has 0 rings (SSSR count). The van der Waals surface area contributed by atoms with Gasteiger partial charge in [-0.05, 0) is 26.3 Å². The molecule has 1 atom stereocenters. The second-order valence-electron chi connectivity index (χ2n) is 3.73. The Morgan fingerprint density at radius 1 is 1.25 bits per heavy atom. The van der Waals surface area contributed by atoms with Crippen LogP contribution >= 0.6 is 0 Å². The Balaban J connectivity index is 3.19. The van der Waals surface area contributed by atoms with E-state index in [1.807, 2.05) is 13.8 Å². The van der Waals surface area contributed by atoms with Gasteiger partial charge in [-0.25, -0.2) is 0 Å². The number of hydrogen-bond acceptors (Lipinski definition) is 2. The van der Waals surface area contributed by atoms with E-state index >= 15 is 0 Å². The summed E-state index contributed by atoms with van der Waals surface area (Å²) in [5.41, 5.74) is -0.522. The zero-order valence-corrected chi connectivity index (χ0v) is 8.69. The summed E-state index contributed by atoms with van der Waals surface area (Å²) in [5, 5.41) is 12.9. The lowest BCUT2D eigenvalue weighted by molar-refractivity contribution is 0.0560. The molecule has 0 aromatic rings. The number of unbranched alkanes of at least 4 members (excludes halogenated alkanes) is 2. The number of aliphatic hydroxyl groups is 1. The van der Waals surface area contributed by atoms with Gasteiger partial charge in [0.15, 0.2) is 0 Å². The van der Waals surface area contributed by atoms with Crippen molar-refractivity contribution >= 4 is 0 Å². The monoisotopic (exact) mass is 173 g/mol. The predicted molar refractivity (Wildman–Crippen MR) is 53.3 cm³/mol. The summed E-state index contributed by atoms with van der Waals surface area (Å²) in [6.45, 7) is 7.83. The van der Waals surface area contributed by atoms with Crippen LogP contribution in [0.3, 0.4) is 0 Å². The highest BCUT2D eigenvalue weighted by atomic mass is 16.3. The Kier molecular flexibility index (Phi) is 6.39. The maximum absolute atomic E-state index is 9.62. The Bertz CT molecular complexity index is 102. The summed E-state index contributed by atoms with van der Waals surface area (Å²) in [4.78, 5) is 0. The average Bonchev–Trinajstić information content (AvgIpc) is 2.04. The molecule has 2 heteroatoms. The average molecular weight is 173 g/mol. The zero-order valence-electron chi connectivity index (χ0n) is 8.69. The summed E-state index contributed by atoms with van der Waals surface area (Å²) in [6.07, 6.45) is 4.57. The fourth-order valence-corrected chi connectivity index (χ4v) is 0.983. The molecule has 0 saturated heterocycles. The van der Waals surface area contributed by atoms with Crippen LogP contribution < -0.4 is 5.32 Å². The third-order valence-electron chi connectivity index (χ3n) is 2.22. The molecule has 0 aliphatic heterocycles. The fraction of sp³-hybridized carbons (Fsp3) is 1.00. The molecule has 0 heterocycles. The van der Waals surface area contributed by atoms with Crippen molar-refractivity contribution in [3.05, 3.63) is 0 Å². The molecule has 0 fully saturated rings. The maximum Gasteiger partial charge on any atom is 0.0740 e. The predicted octanol–water partition coefficient (Wildman–Crippen LogP) is 1.93. The van der Waals surface area contributed by atoms with Crippen molar-refractivity contribution in [2.45, 2.75) is 52.1 Å². The topological polar surface area (TPSA) is 32.3 Å². The lowest BCUT2D eigenvalue weighted by Crippen LogP contribution is -2.37. The van der Waals surface area contributed by atoms with Gasteiger partial charge < -0.3 is 10.4 Å². The van der Waals surface area contributed by atoms with Gasteiger partial charge >= 0.3 is 0 Å². The van der Waals surface area contributed by atoms with Gasteiger partial charge in [0.1, 0.15) is 0 Å². The third kappa shape index (κ3) is 6.62. The van der Waals surface area contributed by atoms with E-state index in [1.165, 1.54) is 19.3 Å². The van der Waals surface area contributed by atoms with Crippen LogP contribution in [0.15, 0.2) is 0 Å². The highest BCUT2D eigenvalue weighted by Crippen LogP contribution is 2.05. The van der Waals surface area contributed by atoms with Crippen LogP contribution in [0.1, 0.15) is 46.5 Å². The summed E-state index contributed by atoms with van der Waals surface area (Å²) in [5.74, 6) is 0. The van der Waals surface area contributed by atoms with Crippen molar-refractivity contribution in [3.63, 3.8) is 0 Å². The Labute approximate surface area is 76.4 Å². The molecule has 0 aromatic carbocycles. The fourth-order valence-electron chi connectivity index (χ4n) is 0.983. The number of hydrogen-bond donors (Lipinski definition) is 2. The first-order valence-corrected chi connectivity index (χ1v) is 5.05. The molecular formula is C10H23NO. The smallest absolute Gasteiger partial charge is 0.0740 e. The molecule has 0 aromatic heterocycles. The Morgan fingerprint density at radius 3 is 2.42 bits per heavy atom. The van der Waals surface area contributed by atoms with Crippen LogP contribution in [0.4, 0.5) is 0 Å². The van der Waals surface area contributed by atoms with Gasteiger partial charge in [-0.15, -0.1) is 0 Å². The van der Waals surface area contributed by atoms with Gasteiger partial charge in [-0.3, -0.25) is 0 Å². The van der Waals surface area contributed by atoms with Gasteiger partial charge in [0.25, 0.3) is 0 Å². The highest BCUT2D eigenvalue weighted by molar-refractivity contribution is 4.72. The molecule has 12 heavy (non-hydrogen) atoms. The summed E-state index contributed by atoms with van der Waals surface area (Å²) >= 11 is 0. The van der Waals surface area contributed by atoms with Crippen molar-refractivity contribution < 1.29 is 5.11 Å². The minimum absolute atomic E-state index is 0.522. The maximum atomic E-state index is 9.62. The van der Waals surface area contributed by atoms with Gasteiger partial charge in [0, 0.05) is 6.54 Å². The van der Waals surface area contributed by atoms with Gasteiger partial charge in [-0.2, -0.15) is 0 Å². The van der Waals surface area contributed by atoms with Crippen LogP contribution in [-0.2, 0) is 0 Å². The van der Waals surface area contributed by atoms with E-state index in [0.717, 1.165) is 13.0 Å². The summed E-state index contributed by atoms with van der Waals surface area (Å²) in [7, 11) is 0. The first kappa shape index (κ1) is 11.9. The van der Waals surface area contributed by atoms with E-state index in [-0.39, 0.29) is 0 Å². The van der Waals surface area contributed by atoms with Crippen molar-refractivity contribution in [2.24, 2.45) is 0 Å². The Hall–Kier alpha value is -0.0800. The van der Waals surface area contributed by atoms with Gasteiger partial charge in [-0.1, -0.05) is 26.7 Å². The third-order valence-corrected chi connectivity index (χ3v) is 2.22. The molecule has 2 N–H and O–H groups in total. The van der Waals surface area contributed by atoms with E-state index in [9.17, 15) is 5.11 Å². The first-order chi connectivity index (χ1) is 5.62. The van der Waals surface area contributed by atoms with E-state index in [1.54, 1.807) is 0 Å². The minimum Gasteiger partial charge on any atom is -0.389 e. The molecule has 0 amide bonds. The van der Waals surface area contributed by atoms with E-state index in [0.29, 0.717) is 6.54 Å². The van der Waals surface area contributed by atoms with E-state index in [2.05, 4.69) is 12.2 Å². The molecule has 74 valence electrons. The van der Waals surface area contributed by atoms with Crippen LogP contribution in [-0.4, -0.2) is 23.8 Å². The second kappa shape index (κ2) is 6.44. The zero-order chi connectivity index (χ0) is 9.45. The lowest BCUT2D eigenvalue weighted by atomic mass is 10.0. The van der Waals surface area contributed by atoms with Crippen molar-refractivity contribution in [2.75, 3.05) is 13.1 Å². The molecule has 0 radical (unpaired) electrons. The molecule has 2 nitrogen and oxygen atoms in total. The SMILES string of the molecule is CCCCCNCC(C)(O)CC. The largest absolute Gasteiger partial charge is 0.389 e. The van der Waals surface area contributed by atoms with Crippen molar-refractivity contribution in [1.29, 1.82) is 0 Å². The molecule has 0 saturated carbocycles. The molecule has 1 unspecified atom stereocenters. The van der Waals surface area contributed by atoms with Gasteiger partial charge in [0.05, 0.1) is 5.60 Å². The normalized spacial score (nSPS) is 16.0. The van der Waals surface area contributed by atoms with E-state index < -0.39 is 5.60 Å². The first-order valence-electron chi connectivity index (χ1n) is 5.05. The molecule has 0 aliphatic carbocycles. The van der Waals surface area contributed by atoms with Crippen LogP contribution in [0.2, 0.25) is 0 Å². The van der Waals surface area contributed by atoms with Crippen molar-refractivity contribution in [1.82, 2.24) is 5.32 Å². The molecule has 0 bridgehead atoms. The summed E-state index contributed by atoms with van der Waals surface area (Å²) in [6, 6.07) is 0.